The lowest BCUT2D eigenvalue weighted by atomic mass is 10.1. The van der Waals surface area contributed by atoms with Crippen molar-refractivity contribution in [1.29, 1.82) is 0 Å². The molecule has 0 aliphatic carbocycles. The first-order chi connectivity index (χ1) is 16.2. The van der Waals surface area contributed by atoms with Crippen molar-refractivity contribution in [2.24, 2.45) is 10.2 Å². The van der Waals surface area contributed by atoms with Crippen LogP contribution in [0.4, 0.5) is 16.5 Å². The van der Waals surface area contributed by atoms with Crippen LogP contribution in [0, 0.1) is 20.8 Å². The second-order valence-electron chi connectivity index (χ2n) is 8.32. The second-order valence-corrected chi connectivity index (χ2v) is 11.0. The zero-order valence-corrected chi connectivity index (χ0v) is 21.8. The van der Waals surface area contributed by atoms with Crippen LogP contribution in [0.25, 0.3) is 0 Å². The van der Waals surface area contributed by atoms with Crippen LogP contribution in [0.5, 0.6) is 0 Å². The molecule has 0 amide bonds. The number of anilines is 1. The molecular weight excluding hydrogens is 468 g/mol. The molecule has 0 aliphatic rings. The zero-order valence-electron chi connectivity index (χ0n) is 20.2. The van der Waals surface area contributed by atoms with E-state index < -0.39 is 10.1 Å². The highest BCUT2D eigenvalue weighted by Crippen LogP contribution is 2.29. The van der Waals surface area contributed by atoms with E-state index >= 15 is 0 Å². The van der Waals surface area contributed by atoms with Gasteiger partial charge in [0.25, 0.3) is 0 Å². The average Bonchev–Trinajstić information content (AvgIpc) is 3.07. The van der Waals surface area contributed by atoms with E-state index in [9.17, 15) is 13.0 Å². The Bertz CT molecular complexity index is 1240. The minimum absolute atomic E-state index is 0.335. The highest BCUT2D eigenvalue weighted by atomic mass is 32.2. The van der Waals surface area contributed by atoms with E-state index in [0.29, 0.717) is 19.4 Å². The van der Waals surface area contributed by atoms with Crippen LogP contribution in [0.2, 0.25) is 0 Å². The van der Waals surface area contributed by atoms with E-state index in [1.165, 1.54) is 5.56 Å². The monoisotopic (exact) mass is 500 g/mol. The Balaban J connectivity index is 1.73. The molecule has 0 radical (unpaired) electrons. The molecule has 182 valence electrons. The fourth-order valence-corrected chi connectivity index (χ4v) is 5.23. The smallest absolute Gasteiger partial charge is 0.408 e. The highest BCUT2D eigenvalue weighted by molar-refractivity contribution is 7.85. The maximum absolute atomic E-state index is 10.9. The van der Waals surface area contributed by atoms with Gasteiger partial charge in [-0.2, -0.15) is 0 Å². The molecule has 3 rings (SSSR count). The Hall–Kier alpha value is -2.62. The van der Waals surface area contributed by atoms with Crippen LogP contribution in [0.15, 0.2) is 58.8 Å². The van der Waals surface area contributed by atoms with Gasteiger partial charge in [0.1, 0.15) is 11.4 Å². The number of thiazole rings is 1. The Morgan fingerprint density at radius 2 is 1.76 bits per heavy atom. The van der Waals surface area contributed by atoms with Gasteiger partial charge >= 0.3 is 5.13 Å². The second kappa shape index (κ2) is 11.7. The number of aryl methyl sites for hydroxylation is 2. The summed E-state index contributed by atoms with van der Waals surface area (Å²) in [6.45, 7) is 10.6. The molecule has 0 N–H and O–H groups in total. The molecule has 0 saturated carbocycles. The van der Waals surface area contributed by atoms with Crippen LogP contribution in [0.3, 0.4) is 0 Å². The van der Waals surface area contributed by atoms with Gasteiger partial charge in [0.05, 0.1) is 26.7 Å². The molecule has 0 unspecified atom stereocenters. The summed E-state index contributed by atoms with van der Waals surface area (Å²) in [5.74, 6) is -0.336. The van der Waals surface area contributed by atoms with Crippen LogP contribution in [-0.2, 0) is 23.2 Å². The Morgan fingerprint density at radius 3 is 2.41 bits per heavy atom. The van der Waals surface area contributed by atoms with Crippen molar-refractivity contribution < 1.29 is 17.5 Å². The number of azo groups is 1. The summed E-state index contributed by atoms with van der Waals surface area (Å²) in [4.78, 5) is 3.46. The van der Waals surface area contributed by atoms with Crippen molar-refractivity contribution >= 4 is 38.0 Å². The molecule has 1 aromatic heterocycles. The third kappa shape index (κ3) is 7.19. The summed E-state index contributed by atoms with van der Waals surface area (Å²) in [5.41, 5.74) is 5.35. The fourth-order valence-electron chi connectivity index (χ4n) is 3.72. The first-order valence-electron chi connectivity index (χ1n) is 11.4. The molecule has 0 spiro atoms. The summed E-state index contributed by atoms with van der Waals surface area (Å²) < 4.78 is 34.6. The highest BCUT2D eigenvalue weighted by Gasteiger charge is 2.20. The van der Waals surface area contributed by atoms with Crippen molar-refractivity contribution in [3.63, 3.8) is 0 Å². The lowest BCUT2D eigenvalue weighted by Gasteiger charge is -2.23. The molecule has 0 atom stereocenters. The standard InChI is InChI=1S/C25H32N4O3S2/c1-5-28(18-22-11-7-6-8-12-22)23-13-14-24(19(2)17-23)26-27-25-29(20(3)21(4)33-25)15-9-10-16-34(30,31)32/h6-8,11-14,17H,5,9-10,15-16,18H2,1-4H3. The predicted molar refractivity (Wildman–Crippen MR) is 136 cm³/mol. The molecule has 3 aromatic rings. The van der Waals surface area contributed by atoms with Gasteiger partial charge in [0.15, 0.2) is 0 Å². The average molecular weight is 501 g/mol. The maximum Gasteiger partial charge on any atom is 0.408 e. The molecule has 0 bridgehead atoms. The molecule has 7 nitrogen and oxygen atoms in total. The summed E-state index contributed by atoms with van der Waals surface area (Å²) in [5, 5.41) is 9.81. The number of benzene rings is 2. The first-order valence-corrected chi connectivity index (χ1v) is 13.8. The van der Waals surface area contributed by atoms with Gasteiger partial charge in [0.2, 0.25) is 0 Å². The van der Waals surface area contributed by atoms with E-state index in [0.717, 1.165) is 45.7 Å². The summed E-state index contributed by atoms with van der Waals surface area (Å²) >= 11 is 1.56. The Kier molecular flexibility index (Phi) is 8.93. The van der Waals surface area contributed by atoms with Gasteiger partial charge in [-0.25, -0.2) is 13.0 Å². The largest absolute Gasteiger partial charge is 0.748 e. The van der Waals surface area contributed by atoms with Crippen molar-refractivity contribution in [2.45, 2.75) is 53.6 Å². The van der Waals surface area contributed by atoms with Crippen LogP contribution in [-0.4, -0.2) is 25.3 Å². The number of nitrogens with zero attached hydrogens (tertiary/aromatic N) is 4. The zero-order chi connectivity index (χ0) is 24.7. The molecule has 2 aromatic carbocycles. The van der Waals surface area contributed by atoms with Gasteiger partial charge in [-0.05, 0) is 86.3 Å². The Labute approximate surface area is 206 Å². The van der Waals surface area contributed by atoms with Crippen molar-refractivity contribution in [3.8, 4) is 0 Å². The minimum Gasteiger partial charge on any atom is -0.748 e. The molecule has 34 heavy (non-hydrogen) atoms. The van der Waals surface area contributed by atoms with E-state index in [-0.39, 0.29) is 5.75 Å². The fraction of sp³-hybridized carbons (Fsp3) is 0.400. The Morgan fingerprint density at radius 1 is 1.03 bits per heavy atom. The molecular formula is C25H32N4O3S2. The number of hydrogen-bond acceptors (Lipinski definition) is 7. The predicted octanol–water partition coefficient (Wildman–Crippen LogP) is 5.73. The SMILES string of the molecule is CCN(Cc1ccccc1)c1ccc(N=Nc2sc(C)c(C)[n+]2CCCCS(=O)(=O)[O-])c(C)c1. The number of unbranched alkanes of at least 4 members (excludes halogenated alkanes) is 1. The molecule has 0 saturated heterocycles. The quantitative estimate of drug-likeness (QED) is 0.146. The maximum atomic E-state index is 10.9. The molecule has 0 fully saturated rings. The van der Waals surface area contributed by atoms with Gasteiger partial charge in [0, 0.05) is 24.5 Å². The number of hydrogen-bond donors (Lipinski definition) is 0. The van der Waals surface area contributed by atoms with E-state index in [1.54, 1.807) is 11.3 Å². The van der Waals surface area contributed by atoms with Gasteiger partial charge in [-0.15, -0.1) is 0 Å². The van der Waals surface area contributed by atoms with Crippen LogP contribution in [0.1, 0.15) is 41.5 Å². The lowest BCUT2D eigenvalue weighted by Crippen LogP contribution is -2.35. The van der Waals surface area contributed by atoms with Crippen molar-refractivity contribution in [3.05, 3.63) is 70.2 Å². The minimum atomic E-state index is -4.18. The summed E-state index contributed by atoms with van der Waals surface area (Å²) in [7, 11) is -4.18. The first kappa shape index (κ1) is 26.0. The topological polar surface area (TPSA) is 89.0 Å². The van der Waals surface area contributed by atoms with E-state index in [4.69, 9.17) is 0 Å². The molecule has 1 heterocycles. The van der Waals surface area contributed by atoms with Crippen molar-refractivity contribution in [2.75, 3.05) is 17.2 Å². The van der Waals surface area contributed by atoms with E-state index in [1.807, 2.05) is 37.5 Å². The van der Waals surface area contributed by atoms with E-state index in [2.05, 4.69) is 58.5 Å². The lowest BCUT2D eigenvalue weighted by molar-refractivity contribution is -0.686. The molecule has 0 aliphatic heterocycles. The van der Waals surface area contributed by atoms with Crippen molar-refractivity contribution in [1.82, 2.24) is 0 Å². The van der Waals surface area contributed by atoms with Gasteiger partial charge in [-0.1, -0.05) is 30.3 Å². The van der Waals surface area contributed by atoms with Crippen LogP contribution < -0.4 is 9.47 Å². The third-order valence-corrected chi connectivity index (χ3v) is 7.68. The number of rotatable bonds is 11. The summed E-state index contributed by atoms with van der Waals surface area (Å²) in [6.07, 6.45) is 0.925. The normalized spacial score (nSPS) is 11.9. The van der Waals surface area contributed by atoms with Crippen LogP contribution >= 0.6 is 11.3 Å². The third-order valence-electron chi connectivity index (χ3n) is 5.80. The van der Waals surface area contributed by atoms with Gasteiger partial charge in [-0.3, -0.25) is 0 Å². The van der Waals surface area contributed by atoms with Gasteiger partial charge < -0.3 is 9.45 Å². The number of aromatic nitrogens is 1. The summed E-state index contributed by atoms with van der Waals surface area (Å²) in [6, 6.07) is 16.6. The molecule has 9 heteroatoms.